The predicted octanol–water partition coefficient (Wildman–Crippen LogP) is 4.09. The third-order valence-corrected chi connectivity index (χ3v) is 5.76. The molecule has 3 rings (SSSR count). The van der Waals surface area contributed by atoms with E-state index in [-0.39, 0.29) is 11.3 Å². The molecule has 1 N–H and O–H groups in total. The van der Waals surface area contributed by atoms with Gasteiger partial charge in [0, 0.05) is 23.1 Å². The molecular weight excluding hydrogens is 472 g/mol. The molecule has 0 saturated carbocycles. The van der Waals surface area contributed by atoms with Crippen molar-refractivity contribution in [3.8, 4) is 5.75 Å². The summed E-state index contributed by atoms with van der Waals surface area (Å²) in [5.41, 5.74) is 1.12. The summed E-state index contributed by atoms with van der Waals surface area (Å²) in [6.45, 7) is 0.924. The quantitative estimate of drug-likeness (QED) is 0.373. The van der Waals surface area contributed by atoms with Gasteiger partial charge in [0.05, 0.1) is 23.7 Å². The van der Waals surface area contributed by atoms with Crippen LogP contribution < -0.4 is 4.74 Å². The van der Waals surface area contributed by atoms with Gasteiger partial charge in [0.15, 0.2) is 0 Å². The van der Waals surface area contributed by atoms with E-state index >= 15 is 0 Å². The van der Waals surface area contributed by atoms with Crippen molar-refractivity contribution in [3.63, 3.8) is 0 Å². The first-order valence-corrected chi connectivity index (χ1v) is 10.4. The van der Waals surface area contributed by atoms with Crippen LogP contribution in [0.2, 0.25) is 5.02 Å². The highest BCUT2D eigenvalue weighted by Gasteiger charge is 2.45. The molecule has 0 bridgehead atoms. The molecule has 8 heteroatoms. The van der Waals surface area contributed by atoms with Gasteiger partial charge >= 0.3 is 0 Å². The fraction of sp³-hybridized carbons (Fsp3) is 0.273. The highest BCUT2D eigenvalue weighted by Crippen LogP contribution is 2.40. The van der Waals surface area contributed by atoms with Gasteiger partial charge in [0.25, 0.3) is 11.7 Å². The smallest absolute Gasteiger partial charge is 0.295 e. The molecule has 1 atom stereocenters. The van der Waals surface area contributed by atoms with Crippen molar-refractivity contribution >= 4 is 45.0 Å². The highest BCUT2D eigenvalue weighted by atomic mass is 79.9. The van der Waals surface area contributed by atoms with Crippen LogP contribution in [-0.4, -0.2) is 60.9 Å². The number of halogens is 2. The second kappa shape index (κ2) is 9.20. The minimum Gasteiger partial charge on any atom is -0.507 e. The van der Waals surface area contributed by atoms with Gasteiger partial charge in [-0.05, 0) is 50.0 Å². The number of likely N-dealkylation sites (tertiary alicyclic amines) is 1. The lowest BCUT2D eigenvalue weighted by atomic mass is 9.95. The van der Waals surface area contributed by atoms with Crippen LogP contribution in [-0.2, 0) is 9.59 Å². The van der Waals surface area contributed by atoms with E-state index in [1.807, 2.05) is 43.3 Å². The first kappa shape index (κ1) is 22.3. The zero-order chi connectivity index (χ0) is 22.0. The van der Waals surface area contributed by atoms with Gasteiger partial charge in [-0.3, -0.25) is 9.59 Å². The first-order valence-electron chi connectivity index (χ1n) is 9.27. The standard InChI is InChI=1S/C22H22BrClN2O4/c1-25(2)10-11-26-19(13-4-7-15(23)8-5-13)18(21(28)22(26)29)20(27)14-6-9-17(30-3)16(24)12-14/h4-9,12,19,27H,10-11H2,1-3H3/b20-18+/t19-/m1/s1. The number of aliphatic hydroxyl groups excluding tert-OH is 1. The molecule has 30 heavy (non-hydrogen) atoms. The molecule has 6 nitrogen and oxygen atoms in total. The Kier molecular flexibility index (Phi) is 6.85. The number of hydrogen-bond donors (Lipinski definition) is 1. The van der Waals surface area contributed by atoms with E-state index in [9.17, 15) is 14.7 Å². The maximum Gasteiger partial charge on any atom is 0.295 e. The Hall–Kier alpha value is -2.35. The highest BCUT2D eigenvalue weighted by molar-refractivity contribution is 9.10. The fourth-order valence-corrected chi connectivity index (χ4v) is 3.90. The van der Waals surface area contributed by atoms with Gasteiger partial charge in [-0.25, -0.2) is 0 Å². The zero-order valence-electron chi connectivity index (χ0n) is 16.9. The molecule has 158 valence electrons. The second-order valence-electron chi connectivity index (χ2n) is 7.20. The van der Waals surface area contributed by atoms with E-state index in [0.29, 0.717) is 29.4 Å². The minimum absolute atomic E-state index is 0.0438. The molecule has 1 fully saturated rings. The Morgan fingerprint density at radius 2 is 1.87 bits per heavy atom. The summed E-state index contributed by atoms with van der Waals surface area (Å²) < 4.78 is 6.02. The van der Waals surface area contributed by atoms with E-state index in [4.69, 9.17) is 16.3 Å². The number of hydrogen-bond acceptors (Lipinski definition) is 5. The normalized spacial score (nSPS) is 18.3. The number of amides is 1. The maximum atomic E-state index is 12.9. The van der Waals surface area contributed by atoms with Crippen molar-refractivity contribution in [2.45, 2.75) is 6.04 Å². The third kappa shape index (κ3) is 4.38. The average molecular weight is 494 g/mol. The molecule has 1 aliphatic heterocycles. The summed E-state index contributed by atoms with van der Waals surface area (Å²) in [6.07, 6.45) is 0. The largest absolute Gasteiger partial charge is 0.507 e. The van der Waals surface area contributed by atoms with Crippen LogP contribution in [0.5, 0.6) is 5.75 Å². The molecule has 0 unspecified atom stereocenters. The molecule has 0 aliphatic carbocycles. The van der Waals surface area contributed by atoms with Gasteiger partial charge in [-0.1, -0.05) is 39.7 Å². The maximum absolute atomic E-state index is 12.9. The Bertz CT molecular complexity index is 1000. The van der Waals surface area contributed by atoms with Crippen molar-refractivity contribution in [2.24, 2.45) is 0 Å². The SMILES string of the molecule is COc1ccc(/C(O)=C2\C(=O)C(=O)N(CCN(C)C)[C@@H]2c2ccc(Br)cc2)cc1Cl. The van der Waals surface area contributed by atoms with Crippen molar-refractivity contribution in [3.05, 3.63) is 68.7 Å². The number of ether oxygens (including phenoxy) is 1. The topological polar surface area (TPSA) is 70.1 Å². The van der Waals surface area contributed by atoms with Gasteiger partial charge in [-0.15, -0.1) is 0 Å². The number of rotatable bonds is 6. The summed E-state index contributed by atoms with van der Waals surface area (Å²) in [7, 11) is 5.28. The number of nitrogens with zero attached hydrogens (tertiary/aromatic N) is 2. The monoisotopic (exact) mass is 492 g/mol. The van der Waals surface area contributed by atoms with E-state index in [1.54, 1.807) is 12.1 Å². The van der Waals surface area contributed by atoms with E-state index in [2.05, 4.69) is 15.9 Å². The molecule has 0 radical (unpaired) electrons. The first-order chi connectivity index (χ1) is 14.2. The molecule has 0 spiro atoms. The second-order valence-corrected chi connectivity index (χ2v) is 8.52. The van der Waals surface area contributed by atoms with E-state index < -0.39 is 17.7 Å². The number of carbonyl (C=O) groups excluding carboxylic acids is 2. The molecule has 1 aliphatic rings. The van der Waals surface area contributed by atoms with Gasteiger partial charge in [0.1, 0.15) is 11.5 Å². The number of benzene rings is 2. The van der Waals surface area contributed by atoms with Crippen molar-refractivity contribution in [1.29, 1.82) is 0 Å². The summed E-state index contributed by atoms with van der Waals surface area (Å²) in [6, 6.07) is 11.4. The van der Waals surface area contributed by atoms with Crippen molar-refractivity contribution in [2.75, 3.05) is 34.3 Å². The summed E-state index contributed by atoms with van der Waals surface area (Å²) >= 11 is 9.60. The summed E-state index contributed by atoms with van der Waals surface area (Å²) in [4.78, 5) is 29.2. The van der Waals surface area contributed by atoms with E-state index in [0.717, 1.165) is 10.0 Å². The van der Waals surface area contributed by atoms with Crippen LogP contribution in [0.4, 0.5) is 0 Å². The molecule has 1 amide bonds. The Morgan fingerprint density at radius 1 is 1.20 bits per heavy atom. The molecule has 1 saturated heterocycles. The number of aliphatic hydroxyl groups is 1. The Labute approximate surface area is 188 Å². The number of ketones is 1. The van der Waals surface area contributed by atoms with Crippen LogP contribution in [0.15, 0.2) is 52.5 Å². The Morgan fingerprint density at radius 3 is 2.43 bits per heavy atom. The minimum atomic E-state index is -0.717. The number of likely N-dealkylation sites (N-methyl/N-ethyl adjacent to an activating group) is 1. The molecule has 2 aromatic rings. The van der Waals surface area contributed by atoms with Crippen LogP contribution >= 0.6 is 27.5 Å². The van der Waals surface area contributed by atoms with Crippen molar-refractivity contribution in [1.82, 2.24) is 9.80 Å². The summed E-state index contributed by atoms with van der Waals surface area (Å²) in [5, 5.41) is 11.3. The Balaban J connectivity index is 2.14. The van der Waals surface area contributed by atoms with Crippen LogP contribution in [0.1, 0.15) is 17.2 Å². The lowest BCUT2D eigenvalue weighted by Gasteiger charge is -2.26. The molecule has 1 heterocycles. The molecule has 2 aromatic carbocycles. The number of carbonyl (C=O) groups is 2. The molecular formula is C22H22BrClN2O4. The van der Waals surface area contributed by atoms with Crippen LogP contribution in [0.3, 0.4) is 0 Å². The van der Waals surface area contributed by atoms with Gasteiger partial charge < -0.3 is 19.6 Å². The van der Waals surface area contributed by atoms with Crippen LogP contribution in [0, 0.1) is 0 Å². The van der Waals surface area contributed by atoms with Crippen molar-refractivity contribution < 1.29 is 19.4 Å². The number of Topliss-reactive ketones (excluding diaryl/α,β-unsaturated/α-hetero) is 1. The predicted molar refractivity (Wildman–Crippen MR) is 120 cm³/mol. The van der Waals surface area contributed by atoms with Gasteiger partial charge in [-0.2, -0.15) is 0 Å². The zero-order valence-corrected chi connectivity index (χ0v) is 19.2. The average Bonchev–Trinajstić information content (AvgIpc) is 2.96. The summed E-state index contributed by atoms with van der Waals surface area (Å²) in [5.74, 6) is -1.17. The van der Waals surface area contributed by atoms with E-state index in [1.165, 1.54) is 18.1 Å². The van der Waals surface area contributed by atoms with Crippen LogP contribution in [0.25, 0.3) is 5.76 Å². The third-order valence-electron chi connectivity index (χ3n) is 4.94. The lowest BCUT2D eigenvalue weighted by molar-refractivity contribution is -0.140. The molecule has 0 aromatic heterocycles. The fourth-order valence-electron chi connectivity index (χ4n) is 3.38. The number of methoxy groups -OCH3 is 1. The van der Waals surface area contributed by atoms with Gasteiger partial charge in [0.2, 0.25) is 0 Å². The lowest BCUT2D eigenvalue weighted by Crippen LogP contribution is -2.35.